The SMILES string of the molecule is CC(C)(C)OC(=O)NNCCCCCCCCCCCCN. The maximum absolute atomic E-state index is 11.4. The molecular formula is C17H37N3O2. The highest BCUT2D eigenvalue weighted by Gasteiger charge is 2.15. The highest BCUT2D eigenvalue weighted by molar-refractivity contribution is 5.66. The number of unbranched alkanes of at least 4 members (excludes halogenated alkanes) is 9. The van der Waals surface area contributed by atoms with Gasteiger partial charge >= 0.3 is 6.09 Å². The Labute approximate surface area is 136 Å². The van der Waals surface area contributed by atoms with Gasteiger partial charge in [0.15, 0.2) is 0 Å². The normalized spacial score (nSPS) is 11.5. The van der Waals surface area contributed by atoms with Crippen LogP contribution in [0.15, 0.2) is 0 Å². The summed E-state index contributed by atoms with van der Waals surface area (Å²) >= 11 is 0. The van der Waals surface area contributed by atoms with Gasteiger partial charge in [-0.1, -0.05) is 51.4 Å². The van der Waals surface area contributed by atoms with Crippen LogP contribution in [-0.4, -0.2) is 24.8 Å². The summed E-state index contributed by atoms with van der Waals surface area (Å²) < 4.78 is 5.13. The molecule has 0 aromatic rings. The first-order chi connectivity index (χ1) is 10.5. The van der Waals surface area contributed by atoms with Gasteiger partial charge in [0, 0.05) is 6.54 Å². The van der Waals surface area contributed by atoms with E-state index in [4.69, 9.17) is 10.5 Å². The van der Waals surface area contributed by atoms with E-state index < -0.39 is 11.7 Å². The first-order valence-corrected chi connectivity index (χ1v) is 8.87. The monoisotopic (exact) mass is 315 g/mol. The zero-order chi connectivity index (χ0) is 16.7. The summed E-state index contributed by atoms with van der Waals surface area (Å²) in [5.41, 5.74) is 10.5. The van der Waals surface area contributed by atoms with Crippen LogP contribution in [-0.2, 0) is 4.74 Å². The predicted molar refractivity (Wildman–Crippen MR) is 92.6 cm³/mol. The lowest BCUT2D eigenvalue weighted by molar-refractivity contribution is 0.0498. The maximum Gasteiger partial charge on any atom is 0.422 e. The highest BCUT2D eigenvalue weighted by Crippen LogP contribution is 2.10. The van der Waals surface area contributed by atoms with Crippen LogP contribution in [0.25, 0.3) is 0 Å². The Hall–Kier alpha value is -0.810. The van der Waals surface area contributed by atoms with Gasteiger partial charge in [0.1, 0.15) is 5.60 Å². The lowest BCUT2D eigenvalue weighted by Gasteiger charge is -2.19. The molecular weight excluding hydrogens is 278 g/mol. The van der Waals surface area contributed by atoms with E-state index in [1.165, 1.54) is 57.8 Å². The molecule has 0 bridgehead atoms. The van der Waals surface area contributed by atoms with Crippen molar-refractivity contribution in [2.75, 3.05) is 13.1 Å². The zero-order valence-electron chi connectivity index (χ0n) is 14.9. The fourth-order valence-corrected chi connectivity index (χ4v) is 2.21. The van der Waals surface area contributed by atoms with Gasteiger partial charge in [-0.05, 0) is 40.2 Å². The van der Waals surface area contributed by atoms with Crippen molar-refractivity contribution in [1.82, 2.24) is 10.9 Å². The van der Waals surface area contributed by atoms with Crippen LogP contribution < -0.4 is 16.6 Å². The molecule has 0 spiro atoms. The largest absolute Gasteiger partial charge is 0.443 e. The number of amides is 1. The van der Waals surface area contributed by atoms with Crippen molar-refractivity contribution in [1.29, 1.82) is 0 Å². The van der Waals surface area contributed by atoms with Crippen molar-refractivity contribution in [2.45, 2.75) is 90.6 Å². The van der Waals surface area contributed by atoms with Crippen LogP contribution in [0.1, 0.15) is 85.0 Å². The second kappa shape index (κ2) is 13.8. The van der Waals surface area contributed by atoms with Gasteiger partial charge in [0.05, 0.1) is 0 Å². The average molecular weight is 316 g/mol. The van der Waals surface area contributed by atoms with E-state index >= 15 is 0 Å². The number of rotatable bonds is 13. The Kier molecular flexibility index (Phi) is 13.3. The Morgan fingerprint density at radius 1 is 0.864 bits per heavy atom. The van der Waals surface area contributed by atoms with Crippen molar-refractivity contribution >= 4 is 6.09 Å². The van der Waals surface area contributed by atoms with E-state index in [-0.39, 0.29) is 0 Å². The molecule has 5 heteroatoms. The number of ether oxygens (including phenoxy) is 1. The quantitative estimate of drug-likeness (QED) is 0.356. The molecule has 0 rings (SSSR count). The van der Waals surface area contributed by atoms with Crippen LogP contribution >= 0.6 is 0 Å². The minimum absolute atomic E-state index is 0.415. The summed E-state index contributed by atoms with van der Waals surface area (Å²) in [6.45, 7) is 7.18. The van der Waals surface area contributed by atoms with Crippen molar-refractivity contribution < 1.29 is 9.53 Å². The van der Waals surface area contributed by atoms with Crippen LogP contribution in [0.2, 0.25) is 0 Å². The highest BCUT2D eigenvalue weighted by atomic mass is 16.6. The maximum atomic E-state index is 11.4. The molecule has 1 amide bonds. The first-order valence-electron chi connectivity index (χ1n) is 8.87. The van der Waals surface area contributed by atoms with Crippen molar-refractivity contribution in [3.8, 4) is 0 Å². The lowest BCUT2D eigenvalue weighted by Crippen LogP contribution is -2.41. The number of hydrogen-bond acceptors (Lipinski definition) is 4. The molecule has 22 heavy (non-hydrogen) atoms. The van der Waals surface area contributed by atoms with Crippen LogP contribution in [0.3, 0.4) is 0 Å². The molecule has 5 nitrogen and oxygen atoms in total. The molecule has 0 atom stereocenters. The molecule has 0 aromatic heterocycles. The molecule has 0 saturated carbocycles. The van der Waals surface area contributed by atoms with E-state index in [1.807, 2.05) is 20.8 Å². The number of nitrogens with one attached hydrogen (secondary N) is 2. The molecule has 0 heterocycles. The summed E-state index contributed by atoms with van der Waals surface area (Å²) in [5.74, 6) is 0. The van der Waals surface area contributed by atoms with Crippen LogP contribution in [0, 0.1) is 0 Å². The molecule has 132 valence electrons. The molecule has 0 radical (unpaired) electrons. The summed E-state index contributed by atoms with van der Waals surface area (Å²) in [4.78, 5) is 11.4. The van der Waals surface area contributed by atoms with Crippen molar-refractivity contribution in [2.24, 2.45) is 5.73 Å². The third kappa shape index (κ3) is 17.2. The molecule has 0 aromatic carbocycles. The van der Waals surface area contributed by atoms with Gasteiger partial charge in [0.25, 0.3) is 0 Å². The standard InChI is InChI=1S/C17H37N3O2/c1-17(2,3)22-16(21)20-19-15-13-11-9-7-5-4-6-8-10-12-14-18/h19H,4-15,18H2,1-3H3,(H,20,21). The van der Waals surface area contributed by atoms with E-state index in [0.29, 0.717) is 0 Å². The second-order valence-corrected chi connectivity index (χ2v) is 6.88. The fourth-order valence-electron chi connectivity index (χ4n) is 2.21. The van der Waals surface area contributed by atoms with Gasteiger partial charge in [-0.15, -0.1) is 0 Å². The van der Waals surface area contributed by atoms with Gasteiger partial charge < -0.3 is 10.5 Å². The fraction of sp³-hybridized carbons (Fsp3) is 0.941. The second-order valence-electron chi connectivity index (χ2n) is 6.88. The average Bonchev–Trinajstić information content (AvgIpc) is 2.42. The summed E-state index contributed by atoms with van der Waals surface area (Å²) in [6, 6.07) is 0. The third-order valence-electron chi connectivity index (χ3n) is 3.35. The van der Waals surface area contributed by atoms with Crippen LogP contribution in [0.4, 0.5) is 4.79 Å². The number of hydrogen-bond donors (Lipinski definition) is 3. The minimum Gasteiger partial charge on any atom is -0.443 e. The van der Waals surface area contributed by atoms with Gasteiger partial charge in [-0.3, -0.25) is 5.43 Å². The van der Waals surface area contributed by atoms with E-state index in [0.717, 1.165) is 19.5 Å². The van der Waals surface area contributed by atoms with Crippen LogP contribution in [0.5, 0.6) is 0 Å². The van der Waals surface area contributed by atoms with Crippen molar-refractivity contribution in [3.05, 3.63) is 0 Å². The first kappa shape index (κ1) is 21.2. The number of hydrazine groups is 1. The van der Waals surface area contributed by atoms with Crippen molar-refractivity contribution in [3.63, 3.8) is 0 Å². The predicted octanol–water partition coefficient (Wildman–Crippen LogP) is 3.88. The summed E-state index contributed by atoms with van der Waals surface area (Å²) in [6.07, 6.45) is 12.3. The summed E-state index contributed by atoms with van der Waals surface area (Å²) in [5, 5.41) is 0. The van der Waals surface area contributed by atoms with Gasteiger partial charge in [-0.2, -0.15) is 0 Å². The Morgan fingerprint density at radius 2 is 1.32 bits per heavy atom. The number of carbonyl (C=O) groups is 1. The molecule has 0 aliphatic rings. The third-order valence-corrected chi connectivity index (χ3v) is 3.35. The number of nitrogens with two attached hydrogens (primary N) is 1. The molecule has 0 fully saturated rings. The Morgan fingerprint density at radius 3 is 1.77 bits per heavy atom. The van der Waals surface area contributed by atoms with Gasteiger partial charge in [-0.25, -0.2) is 10.2 Å². The molecule has 0 unspecified atom stereocenters. The van der Waals surface area contributed by atoms with E-state index in [9.17, 15) is 4.79 Å². The molecule has 4 N–H and O–H groups in total. The van der Waals surface area contributed by atoms with Gasteiger partial charge in [0.2, 0.25) is 0 Å². The molecule has 0 aliphatic carbocycles. The summed E-state index contributed by atoms with van der Waals surface area (Å²) in [7, 11) is 0. The minimum atomic E-state index is -0.448. The Balaban J connectivity index is 3.16. The Bertz CT molecular complexity index is 265. The zero-order valence-corrected chi connectivity index (χ0v) is 14.9. The molecule has 0 saturated heterocycles. The number of carbonyl (C=O) groups excluding carboxylic acids is 1. The van der Waals surface area contributed by atoms with E-state index in [2.05, 4.69) is 10.9 Å². The topological polar surface area (TPSA) is 76.4 Å². The molecule has 0 aliphatic heterocycles. The van der Waals surface area contributed by atoms with E-state index in [1.54, 1.807) is 0 Å². The smallest absolute Gasteiger partial charge is 0.422 e. The lowest BCUT2D eigenvalue weighted by atomic mass is 10.1.